The lowest BCUT2D eigenvalue weighted by molar-refractivity contribution is -0.146. The molecule has 6 heteroatoms. The molecule has 2 rings (SSSR count). The number of esters is 1. The molecule has 1 aliphatic carbocycles. The molecule has 1 saturated heterocycles. The van der Waals surface area contributed by atoms with E-state index in [1.54, 1.807) is 13.8 Å². The zero-order valence-electron chi connectivity index (χ0n) is 9.99. The number of carbonyl (C=O) groups is 3. The van der Waals surface area contributed by atoms with Crippen LogP contribution in [0.2, 0.25) is 0 Å². The number of nitrogens with one attached hydrogen (secondary N) is 1. The molecule has 1 heterocycles. The zero-order valence-corrected chi connectivity index (χ0v) is 9.99. The third-order valence-electron chi connectivity index (χ3n) is 2.91. The number of hydrogen-bond donors (Lipinski definition) is 1. The molecule has 2 fully saturated rings. The van der Waals surface area contributed by atoms with E-state index >= 15 is 0 Å². The normalized spacial score (nSPS) is 22.6. The maximum absolute atomic E-state index is 11.8. The first-order valence-corrected chi connectivity index (χ1v) is 5.72. The van der Waals surface area contributed by atoms with E-state index in [2.05, 4.69) is 5.32 Å². The van der Waals surface area contributed by atoms with E-state index in [-0.39, 0.29) is 30.9 Å². The average molecular weight is 240 g/mol. The van der Waals surface area contributed by atoms with Crippen molar-refractivity contribution in [1.29, 1.82) is 0 Å². The Morgan fingerprint density at radius 3 is 2.59 bits per heavy atom. The van der Waals surface area contributed by atoms with E-state index in [1.165, 1.54) is 0 Å². The van der Waals surface area contributed by atoms with Crippen LogP contribution in [0.15, 0.2) is 0 Å². The summed E-state index contributed by atoms with van der Waals surface area (Å²) in [6.45, 7) is 3.48. The van der Waals surface area contributed by atoms with Gasteiger partial charge in [0.15, 0.2) is 0 Å². The van der Waals surface area contributed by atoms with Gasteiger partial charge >= 0.3 is 12.0 Å². The molecule has 1 aliphatic heterocycles. The van der Waals surface area contributed by atoms with Gasteiger partial charge in [0.1, 0.15) is 12.1 Å². The molecule has 0 bridgehead atoms. The van der Waals surface area contributed by atoms with Crippen molar-refractivity contribution < 1.29 is 19.1 Å². The molecule has 3 amide bonds. The van der Waals surface area contributed by atoms with Gasteiger partial charge in [0, 0.05) is 0 Å². The van der Waals surface area contributed by atoms with Gasteiger partial charge in [-0.1, -0.05) is 0 Å². The van der Waals surface area contributed by atoms with Gasteiger partial charge in [0.05, 0.1) is 12.5 Å². The van der Waals surface area contributed by atoms with Gasteiger partial charge in [0.2, 0.25) is 0 Å². The molecule has 1 N–H and O–H groups in total. The van der Waals surface area contributed by atoms with Crippen molar-refractivity contribution in [3.8, 4) is 0 Å². The van der Waals surface area contributed by atoms with Crippen LogP contribution in [0.3, 0.4) is 0 Å². The van der Waals surface area contributed by atoms with Crippen molar-refractivity contribution in [2.45, 2.75) is 32.2 Å². The summed E-state index contributed by atoms with van der Waals surface area (Å²) in [7, 11) is 0. The summed E-state index contributed by atoms with van der Waals surface area (Å²) >= 11 is 0. The Kier molecular flexibility index (Phi) is 2.81. The molecule has 0 aromatic rings. The Morgan fingerprint density at radius 2 is 2.12 bits per heavy atom. The molecule has 17 heavy (non-hydrogen) atoms. The van der Waals surface area contributed by atoms with Gasteiger partial charge in [-0.25, -0.2) is 4.79 Å². The van der Waals surface area contributed by atoms with Crippen LogP contribution in [-0.2, 0) is 14.3 Å². The Hall–Kier alpha value is -1.59. The number of amides is 3. The first-order chi connectivity index (χ1) is 7.92. The van der Waals surface area contributed by atoms with E-state index in [0.29, 0.717) is 0 Å². The highest BCUT2D eigenvalue weighted by molar-refractivity contribution is 6.06. The van der Waals surface area contributed by atoms with Crippen LogP contribution in [-0.4, -0.2) is 41.5 Å². The molecule has 0 spiro atoms. The maximum atomic E-state index is 11.8. The summed E-state index contributed by atoms with van der Waals surface area (Å²) in [6, 6.07) is -0.428. The molecule has 0 atom stereocenters. The fraction of sp³-hybridized carbons (Fsp3) is 0.727. The van der Waals surface area contributed by atoms with Gasteiger partial charge in [0.25, 0.3) is 5.91 Å². The largest absolute Gasteiger partial charge is 0.464 e. The fourth-order valence-electron chi connectivity index (χ4n) is 1.70. The summed E-state index contributed by atoms with van der Waals surface area (Å²) < 4.78 is 4.98. The Labute approximate surface area is 99.3 Å². The van der Waals surface area contributed by atoms with Crippen molar-refractivity contribution in [2.75, 3.05) is 13.2 Å². The summed E-state index contributed by atoms with van der Waals surface area (Å²) in [4.78, 5) is 35.6. The average Bonchev–Trinajstić information content (AvgIpc) is 3.02. The van der Waals surface area contributed by atoms with Crippen molar-refractivity contribution in [1.82, 2.24) is 10.2 Å². The van der Waals surface area contributed by atoms with Crippen molar-refractivity contribution in [3.05, 3.63) is 0 Å². The predicted molar refractivity (Wildman–Crippen MR) is 58.0 cm³/mol. The molecule has 0 aromatic carbocycles. The first-order valence-electron chi connectivity index (χ1n) is 5.72. The summed E-state index contributed by atoms with van der Waals surface area (Å²) in [6.07, 6.45) is 1.77. The second-order valence-corrected chi connectivity index (χ2v) is 4.95. The van der Waals surface area contributed by atoms with Crippen LogP contribution in [0.4, 0.5) is 4.79 Å². The molecule has 2 aliphatic rings. The Balaban J connectivity index is 1.80. The number of urea groups is 1. The lowest BCUT2D eigenvalue weighted by atomic mass is 10.1. The van der Waals surface area contributed by atoms with E-state index < -0.39 is 11.6 Å². The molecule has 0 aromatic heterocycles. The summed E-state index contributed by atoms with van der Waals surface area (Å²) in [5.41, 5.74) is -0.864. The highest BCUT2D eigenvalue weighted by Gasteiger charge is 2.44. The van der Waals surface area contributed by atoms with Gasteiger partial charge in [-0.3, -0.25) is 14.5 Å². The number of carbonyl (C=O) groups excluding carboxylic acids is 3. The monoisotopic (exact) mass is 240 g/mol. The maximum Gasteiger partial charge on any atom is 0.325 e. The standard InChI is InChI=1S/C11H16N2O4/c1-11(2)9(15)13(10(16)12-11)5-6-17-8(14)7-3-4-7/h7H,3-6H2,1-2H3,(H,12,16). The third kappa shape index (κ3) is 2.40. The number of imide groups is 1. The number of hydrogen-bond acceptors (Lipinski definition) is 4. The van der Waals surface area contributed by atoms with Crippen LogP contribution in [0.1, 0.15) is 26.7 Å². The minimum Gasteiger partial charge on any atom is -0.464 e. The molecular weight excluding hydrogens is 224 g/mol. The van der Waals surface area contributed by atoms with Gasteiger partial charge in [-0.2, -0.15) is 0 Å². The van der Waals surface area contributed by atoms with Gasteiger partial charge < -0.3 is 10.1 Å². The second-order valence-electron chi connectivity index (χ2n) is 4.95. The lowest BCUT2D eigenvalue weighted by Crippen LogP contribution is -2.40. The number of rotatable bonds is 4. The lowest BCUT2D eigenvalue weighted by Gasteiger charge is -2.15. The molecule has 94 valence electrons. The van der Waals surface area contributed by atoms with E-state index in [4.69, 9.17) is 4.74 Å². The van der Waals surface area contributed by atoms with Gasteiger partial charge in [-0.05, 0) is 26.7 Å². The first kappa shape index (κ1) is 11.9. The quantitative estimate of drug-likeness (QED) is 0.565. The number of nitrogens with zero attached hydrogens (tertiary/aromatic N) is 1. The molecule has 0 unspecified atom stereocenters. The van der Waals surface area contributed by atoms with Crippen molar-refractivity contribution >= 4 is 17.9 Å². The molecule has 1 saturated carbocycles. The minimum absolute atomic E-state index is 0.0366. The van der Waals surface area contributed by atoms with E-state index in [1.807, 2.05) is 0 Å². The zero-order chi connectivity index (χ0) is 12.6. The topological polar surface area (TPSA) is 75.7 Å². The molecule has 0 radical (unpaired) electrons. The van der Waals surface area contributed by atoms with Crippen LogP contribution >= 0.6 is 0 Å². The van der Waals surface area contributed by atoms with Crippen LogP contribution in [0, 0.1) is 5.92 Å². The highest BCUT2D eigenvalue weighted by Crippen LogP contribution is 2.30. The second kappa shape index (κ2) is 4.01. The third-order valence-corrected chi connectivity index (χ3v) is 2.91. The summed E-state index contributed by atoms with van der Waals surface area (Å²) in [5.74, 6) is -0.476. The molecule has 6 nitrogen and oxygen atoms in total. The van der Waals surface area contributed by atoms with Gasteiger partial charge in [-0.15, -0.1) is 0 Å². The van der Waals surface area contributed by atoms with Crippen LogP contribution in [0.5, 0.6) is 0 Å². The van der Waals surface area contributed by atoms with Crippen molar-refractivity contribution in [2.24, 2.45) is 5.92 Å². The molecular formula is C11H16N2O4. The van der Waals surface area contributed by atoms with E-state index in [0.717, 1.165) is 17.7 Å². The van der Waals surface area contributed by atoms with Crippen molar-refractivity contribution in [3.63, 3.8) is 0 Å². The Bertz CT molecular complexity index is 374. The predicted octanol–water partition coefficient (Wildman–Crippen LogP) is 0.270. The summed E-state index contributed by atoms with van der Waals surface area (Å²) in [5, 5.41) is 2.56. The minimum atomic E-state index is -0.864. The van der Waals surface area contributed by atoms with Crippen LogP contribution in [0.25, 0.3) is 0 Å². The highest BCUT2D eigenvalue weighted by atomic mass is 16.5. The Morgan fingerprint density at radius 1 is 1.47 bits per heavy atom. The van der Waals surface area contributed by atoms with E-state index in [9.17, 15) is 14.4 Å². The SMILES string of the molecule is CC1(C)NC(=O)N(CCOC(=O)C2CC2)C1=O. The smallest absolute Gasteiger partial charge is 0.325 e. The fourth-order valence-corrected chi connectivity index (χ4v) is 1.70. The number of ether oxygens (including phenoxy) is 1. The van der Waals surface area contributed by atoms with Crippen LogP contribution < -0.4 is 5.32 Å².